The fourth-order valence-electron chi connectivity index (χ4n) is 3.00. The van der Waals surface area contributed by atoms with Crippen LogP contribution >= 0.6 is 0 Å². The van der Waals surface area contributed by atoms with Crippen molar-refractivity contribution in [2.75, 3.05) is 5.32 Å². The van der Waals surface area contributed by atoms with Crippen molar-refractivity contribution in [2.45, 2.75) is 27.7 Å². The Morgan fingerprint density at radius 1 is 1.15 bits per heavy atom. The molecule has 0 aliphatic carbocycles. The number of anilines is 1. The average Bonchev–Trinajstić information content (AvgIpc) is 3.25. The summed E-state index contributed by atoms with van der Waals surface area (Å²) < 4.78 is 1.30. The maximum absolute atomic E-state index is 12.3. The van der Waals surface area contributed by atoms with Gasteiger partial charge in [0, 0.05) is 22.8 Å². The van der Waals surface area contributed by atoms with E-state index >= 15 is 0 Å². The van der Waals surface area contributed by atoms with Crippen molar-refractivity contribution in [3.63, 3.8) is 0 Å². The molecule has 8 nitrogen and oxygen atoms in total. The maximum Gasteiger partial charge on any atom is 0.346 e. The van der Waals surface area contributed by atoms with Gasteiger partial charge in [-0.25, -0.2) is 9.78 Å². The van der Waals surface area contributed by atoms with Crippen LogP contribution in [0, 0.1) is 27.7 Å². The third-order valence-electron chi connectivity index (χ3n) is 4.47. The van der Waals surface area contributed by atoms with E-state index in [0.29, 0.717) is 5.69 Å². The van der Waals surface area contributed by atoms with Gasteiger partial charge in [-0.2, -0.15) is 14.9 Å². The van der Waals surface area contributed by atoms with Gasteiger partial charge in [-0.05, 0) is 45.4 Å². The van der Waals surface area contributed by atoms with Gasteiger partial charge in [0.1, 0.15) is 5.65 Å². The summed E-state index contributed by atoms with van der Waals surface area (Å²) in [6.45, 7) is 7.72. The molecule has 1 amide bonds. The molecule has 0 bridgehead atoms. The Morgan fingerprint density at radius 2 is 1.96 bits per heavy atom. The fourth-order valence-corrected chi connectivity index (χ4v) is 3.00. The van der Waals surface area contributed by atoms with Crippen molar-refractivity contribution in [3.05, 3.63) is 47.2 Å². The van der Waals surface area contributed by atoms with Crippen LogP contribution in [0.15, 0.2) is 24.5 Å². The van der Waals surface area contributed by atoms with Gasteiger partial charge in [0.2, 0.25) is 0 Å². The lowest BCUT2D eigenvalue weighted by Crippen LogP contribution is -2.20. The first-order valence-corrected chi connectivity index (χ1v) is 8.27. The number of carbonyl (C=O) groups excluding carboxylic acids is 1. The largest absolute Gasteiger partial charge is 0.346 e. The van der Waals surface area contributed by atoms with E-state index in [1.165, 1.54) is 4.68 Å². The van der Waals surface area contributed by atoms with Crippen LogP contribution in [0.2, 0.25) is 0 Å². The molecule has 0 aliphatic heterocycles. The first-order chi connectivity index (χ1) is 12.4. The summed E-state index contributed by atoms with van der Waals surface area (Å²) in [7, 11) is 0. The van der Waals surface area contributed by atoms with Crippen LogP contribution < -0.4 is 5.32 Å². The Morgan fingerprint density at radius 3 is 2.62 bits per heavy atom. The number of aromatic nitrogens is 6. The lowest BCUT2D eigenvalue weighted by molar-refractivity contribution is 0.251. The van der Waals surface area contributed by atoms with E-state index in [1.54, 1.807) is 12.4 Å². The zero-order chi connectivity index (χ0) is 18.4. The molecule has 8 heteroatoms. The fraction of sp³-hybridized carbons (Fsp3) is 0.222. The van der Waals surface area contributed by atoms with Crippen molar-refractivity contribution >= 4 is 22.8 Å². The van der Waals surface area contributed by atoms with Crippen LogP contribution in [0.25, 0.3) is 22.3 Å². The third-order valence-corrected chi connectivity index (χ3v) is 4.47. The Kier molecular flexibility index (Phi) is 3.61. The number of amides is 1. The van der Waals surface area contributed by atoms with Gasteiger partial charge in [-0.3, -0.25) is 5.10 Å². The van der Waals surface area contributed by atoms with Crippen LogP contribution in [0.3, 0.4) is 0 Å². The number of aryl methyl sites for hydroxylation is 4. The number of rotatable bonds is 2. The molecule has 0 saturated heterocycles. The molecule has 0 spiro atoms. The summed E-state index contributed by atoms with van der Waals surface area (Å²) in [5, 5.41) is 15.1. The number of aromatic amines is 2. The Bertz CT molecular complexity index is 1090. The van der Waals surface area contributed by atoms with Crippen molar-refractivity contribution in [1.82, 2.24) is 29.9 Å². The minimum atomic E-state index is -0.320. The SMILES string of the molecule is Cc1cn(C(=O)Nc2cnc3[nH]c(-c4c(C)n[nH]c4C)cc3c2)nc1C. The molecule has 132 valence electrons. The summed E-state index contributed by atoms with van der Waals surface area (Å²) in [5.41, 5.74) is 7.06. The molecule has 3 N–H and O–H groups in total. The molecule has 0 fully saturated rings. The highest BCUT2D eigenvalue weighted by Gasteiger charge is 2.14. The van der Waals surface area contributed by atoms with Gasteiger partial charge in [-0.1, -0.05) is 0 Å². The van der Waals surface area contributed by atoms with Crippen LogP contribution in [0.1, 0.15) is 22.6 Å². The average molecular weight is 349 g/mol. The highest BCUT2D eigenvalue weighted by atomic mass is 16.2. The molecule has 0 unspecified atom stereocenters. The Hall–Kier alpha value is -3.42. The van der Waals surface area contributed by atoms with E-state index in [9.17, 15) is 4.79 Å². The highest BCUT2D eigenvalue weighted by molar-refractivity contribution is 5.93. The number of hydrogen-bond donors (Lipinski definition) is 3. The predicted molar refractivity (Wildman–Crippen MR) is 99.3 cm³/mol. The molecule has 26 heavy (non-hydrogen) atoms. The number of carbonyl (C=O) groups is 1. The summed E-state index contributed by atoms with van der Waals surface area (Å²) >= 11 is 0. The van der Waals surface area contributed by atoms with E-state index in [4.69, 9.17) is 0 Å². The minimum absolute atomic E-state index is 0.320. The predicted octanol–water partition coefficient (Wildman–Crippen LogP) is 3.46. The molecule has 0 atom stereocenters. The van der Waals surface area contributed by atoms with Crippen molar-refractivity contribution in [1.29, 1.82) is 0 Å². The molecule has 4 rings (SSSR count). The third kappa shape index (κ3) is 2.65. The molecule has 0 aromatic carbocycles. The van der Waals surface area contributed by atoms with E-state index in [-0.39, 0.29) is 6.03 Å². The number of nitrogens with zero attached hydrogens (tertiary/aromatic N) is 4. The van der Waals surface area contributed by atoms with Crippen molar-refractivity contribution < 1.29 is 4.79 Å². The minimum Gasteiger partial charge on any atom is -0.339 e. The second-order valence-corrected chi connectivity index (χ2v) is 6.43. The zero-order valence-corrected chi connectivity index (χ0v) is 15.0. The molecule has 4 heterocycles. The quantitative estimate of drug-likeness (QED) is 0.515. The van der Waals surface area contributed by atoms with Gasteiger partial charge in [-0.15, -0.1) is 0 Å². The molecule has 4 aromatic heterocycles. The van der Waals surface area contributed by atoms with Gasteiger partial charge >= 0.3 is 6.03 Å². The smallest absolute Gasteiger partial charge is 0.339 e. The first kappa shape index (κ1) is 16.1. The van der Waals surface area contributed by atoms with Gasteiger partial charge in [0.05, 0.1) is 29.0 Å². The zero-order valence-electron chi connectivity index (χ0n) is 15.0. The topological polar surface area (TPSA) is 104 Å². The van der Waals surface area contributed by atoms with Crippen LogP contribution in [-0.4, -0.2) is 36.0 Å². The molecule has 0 aliphatic rings. The summed E-state index contributed by atoms with van der Waals surface area (Å²) in [6, 6.07) is 3.57. The van der Waals surface area contributed by atoms with Gasteiger partial charge < -0.3 is 10.3 Å². The number of H-pyrrole nitrogens is 2. The Labute approximate surface area is 149 Å². The van der Waals surface area contributed by atoms with Crippen LogP contribution in [-0.2, 0) is 0 Å². The summed E-state index contributed by atoms with van der Waals surface area (Å²) in [5.74, 6) is 0. The molecule has 0 saturated carbocycles. The van der Waals surface area contributed by atoms with Crippen LogP contribution in [0.5, 0.6) is 0 Å². The van der Waals surface area contributed by atoms with Gasteiger partial charge in [0.15, 0.2) is 0 Å². The number of fused-ring (bicyclic) bond motifs is 1. The molecular weight excluding hydrogens is 330 g/mol. The second-order valence-electron chi connectivity index (χ2n) is 6.43. The van der Waals surface area contributed by atoms with Gasteiger partial charge in [0.25, 0.3) is 0 Å². The van der Waals surface area contributed by atoms with Crippen LogP contribution in [0.4, 0.5) is 10.5 Å². The van der Waals surface area contributed by atoms with E-state index in [2.05, 4.69) is 30.6 Å². The van der Waals surface area contributed by atoms with E-state index in [0.717, 1.165) is 44.9 Å². The lowest BCUT2D eigenvalue weighted by Gasteiger charge is -2.04. The maximum atomic E-state index is 12.3. The number of nitrogens with one attached hydrogen (secondary N) is 3. The number of pyridine rings is 1. The van der Waals surface area contributed by atoms with Crippen molar-refractivity contribution in [3.8, 4) is 11.3 Å². The first-order valence-electron chi connectivity index (χ1n) is 8.27. The number of hydrogen-bond acceptors (Lipinski definition) is 4. The normalized spacial score (nSPS) is 11.2. The summed E-state index contributed by atoms with van der Waals surface area (Å²) in [6.07, 6.45) is 3.33. The monoisotopic (exact) mass is 349 g/mol. The Balaban J connectivity index is 1.64. The molecule has 4 aromatic rings. The lowest BCUT2D eigenvalue weighted by atomic mass is 10.1. The van der Waals surface area contributed by atoms with E-state index in [1.807, 2.05) is 39.8 Å². The van der Waals surface area contributed by atoms with E-state index < -0.39 is 0 Å². The molecular formula is C18H19N7O. The molecule has 0 radical (unpaired) electrons. The summed E-state index contributed by atoms with van der Waals surface area (Å²) in [4.78, 5) is 20.0. The van der Waals surface area contributed by atoms with Crippen molar-refractivity contribution in [2.24, 2.45) is 0 Å². The second kappa shape index (κ2) is 5.83. The standard InChI is InChI=1S/C18H19N7O/c1-9-8-25(24-10(9)2)18(26)20-14-5-13-6-15(21-17(13)19-7-14)16-11(3)22-23-12(16)4/h5-8H,1-4H3,(H,19,21)(H,20,26)(H,22,23). The highest BCUT2D eigenvalue weighted by Crippen LogP contribution is 2.28.